The summed E-state index contributed by atoms with van der Waals surface area (Å²) in [4.78, 5) is 11.3. The van der Waals surface area contributed by atoms with Crippen molar-refractivity contribution in [3.63, 3.8) is 0 Å². The molecule has 0 bridgehead atoms. The van der Waals surface area contributed by atoms with Gasteiger partial charge >= 0.3 is 0 Å². The van der Waals surface area contributed by atoms with Gasteiger partial charge in [0.25, 0.3) is 0 Å². The van der Waals surface area contributed by atoms with Gasteiger partial charge in [-0.1, -0.05) is 36.0 Å². The van der Waals surface area contributed by atoms with E-state index in [9.17, 15) is 15.0 Å². The number of allylic oxidation sites excluding steroid dienone is 6. The third-order valence-corrected chi connectivity index (χ3v) is 3.35. The first-order valence-corrected chi connectivity index (χ1v) is 7.44. The minimum atomic E-state index is -0.0299. The number of carbonyl (C=O) groups excluding carboxylic acids is 1. The van der Waals surface area contributed by atoms with Crippen LogP contribution in [0.2, 0.25) is 0 Å². The summed E-state index contributed by atoms with van der Waals surface area (Å²) in [6.45, 7) is 5.86. The molecule has 0 saturated carbocycles. The second kappa shape index (κ2) is 8.88. The van der Waals surface area contributed by atoms with Crippen LogP contribution in [0.25, 0.3) is 0 Å². The Morgan fingerprint density at radius 2 is 1.95 bits per heavy atom. The molecule has 0 aromatic heterocycles. The number of aromatic hydroxyl groups is 2. The molecule has 0 aliphatic carbocycles. The van der Waals surface area contributed by atoms with Gasteiger partial charge in [-0.25, -0.2) is 0 Å². The average Bonchev–Trinajstić information content (AvgIpc) is 2.48. The summed E-state index contributed by atoms with van der Waals surface area (Å²) in [6, 6.07) is 1.55. The van der Waals surface area contributed by atoms with Gasteiger partial charge < -0.3 is 10.2 Å². The molecule has 0 amide bonds. The van der Waals surface area contributed by atoms with Crippen LogP contribution >= 0.6 is 0 Å². The Kier molecular flexibility index (Phi) is 7.17. The molecule has 0 aliphatic rings. The molecule has 0 fully saturated rings. The highest BCUT2D eigenvalue weighted by molar-refractivity contribution is 5.84. The zero-order chi connectivity index (χ0) is 16.5. The van der Waals surface area contributed by atoms with Crippen molar-refractivity contribution in [3.8, 4) is 11.5 Å². The minimum absolute atomic E-state index is 0.0299. The van der Waals surface area contributed by atoms with Crippen molar-refractivity contribution in [2.24, 2.45) is 0 Å². The van der Waals surface area contributed by atoms with Crippen LogP contribution in [-0.2, 0) is 12.8 Å². The van der Waals surface area contributed by atoms with E-state index in [4.69, 9.17) is 0 Å². The third-order valence-electron chi connectivity index (χ3n) is 3.35. The van der Waals surface area contributed by atoms with E-state index < -0.39 is 0 Å². The van der Waals surface area contributed by atoms with E-state index in [0.717, 1.165) is 5.57 Å². The van der Waals surface area contributed by atoms with Gasteiger partial charge in [-0.05, 0) is 46.1 Å². The lowest BCUT2D eigenvalue weighted by molar-refractivity contribution is 0.111. The summed E-state index contributed by atoms with van der Waals surface area (Å²) in [6.07, 6.45) is 12.0. The number of phenols is 2. The third kappa shape index (κ3) is 4.92. The van der Waals surface area contributed by atoms with E-state index in [1.807, 2.05) is 51.2 Å². The van der Waals surface area contributed by atoms with E-state index >= 15 is 0 Å². The number of hydrogen-bond acceptors (Lipinski definition) is 3. The molecule has 1 rings (SSSR count). The van der Waals surface area contributed by atoms with Gasteiger partial charge in [0.2, 0.25) is 0 Å². The van der Waals surface area contributed by atoms with E-state index in [1.165, 1.54) is 0 Å². The van der Waals surface area contributed by atoms with Crippen LogP contribution in [0.15, 0.2) is 42.0 Å². The van der Waals surface area contributed by atoms with Crippen LogP contribution in [0.5, 0.6) is 11.5 Å². The molecule has 0 radical (unpaired) electrons. The number of rotatable bonds is 7. The Balaban J connectivity index is 3.06. The molecule has 0 saturated heterocycles. The quantitative estimate of drug-likeness (QED) is 0.338. The number of phenolic OH excluding ortho intramolecular Hbond substituents is 2. The van der Waals surface area contributed by atoms with E-state index in [0.29, 0.717) is 36.7 Å². The Bertz CT molecular complexity index is 604. The van der Waals surface area contributed by atoms with Crippen LogP contribution < -0.4 is 0 Å². The zero-order valence-corrected chi connectivity index (χ0v) is 13.5. The predicted octanol–water partition coefficient (Wildman–Crippen LogP) is 4.48. The van der Waals surface area contributed by atoms with Gasteiger partial charge in [0.05, 0.1) is 5.56 Å². The maximum absolute atomic E-state index is 11.3. The SMILES string of the molecule is CC=CC=CCCc1c(O)cc(CC=C(C)C)c(O)c1C=O. The molecule has 1 aromatic carbocycles. The van der Waals surface area contributed by atoms with E-state index in [2.05, 4.69) is 0 Å². The van der Waals surface area contributed by atoms with Crippen molar-refractivity contribution < 1.29 is 15.0 Å². The van der Waals surface area contributed by atoms with Gasteiger partial charge in [0, 0.05) is 11.1 Å². The normalized spacial score (nSPS) is 11.2. The highest BCUT2D eigenvalue weighted by Gasteiger charge is 2.16. The maximum atomic E-state index is 11.3. The molecule has 0 spiro atoms. The van der Waals surface area contributed by atoms with Gasteiger partial charge in [0.1, 0.15) is 11.5 Å². The second-order valence-corrected chi connectivity index (χ2v) is 5.39. The zero-order valence-electron chi connectivity index (χ0n) is 13.5. The number of hydrogen-bond donors (Lipinski definition) is 2. The first-order chi connectivity index (χ1) is 10.5. The van der Waals surface area contributed by atoms with Crippen molar-refractivity contribution >= 4 is 6.29 Å². The standard InChI is InChI=1S/C19H24O3/c1-4-5-6-7-8-9-16-17(13-20)19(22)15(12-18(16)21)11-10-14(2)3/h4-7,10,12-13,21-22H,8-9,11H2,1-3H3. The Hall–Kier alpha value is -2.29. The topological polar surface area (TPSA) is 57.5 Å². The highest BCUT2D eigenvalue weighted by Crippen LogP contribution is 2.33. The van der Waals surface area contributed by atoms with E-state index in [1.54, 1.807) is 6.07 Å². The monoisotopic (exact) mass is 300 g/mol. The molecule has 3 nitrogen and oxygen atoms in total. The lowest BCUT2D eigenvalue weighted by Gasteiger charge is -2.12. The lowest BCUT2D eigenvalue weighted by Crippen LogP contribution is -1.98. The van der Waals surface area contributed by atoms with Crippen molar-refractivity contribution in [3.05, 3.63) is 58.7 Å². The van der Waals surface area contributed by atoms with Crippen LogP contribution in [-0.4, -0.2) is 16.5 Å². The molecule has 3 heteroatoms. The Morgan fingerprint density at radius 1 is 1.23 bits per heavy atom. The summed E-state index contributed by atoms with van der Waals surface area (Å²) in [5, 5.41) is 20.4. The number of benzene rings is 1. The maximum Gasteiger partial charge on any atom is 0.154 e. The van der Waals surface area contributed by atoms with Gasteiger partial charge in [0.15, 0.2) is 6.29 Å². The lowest BCUT2D eigenvalue weighted by atomic mass is 9.96. The fourth-order valence-corrected chi connectivity index (χ4v) is 2.15. The van der Waals surface area contributed by atoms with E-state index in [-0.39, 0.29) is 17.1 Å². The molecule has 0 unspecified atom stereocenters. The molecule has 0 heterocycles. The van der Waals surface area contributed by atoms with Crippen LogP contribution in [0.1, 0.15) is 48.7 Å². The molecule has 118 valence electrons. The molecule has 0 aliphatic heterocycles. The second-order valence-electron chi connectivity index (χ2n) is 5.39. The van der Waals surface area contributed by atoms with Crippen molar-refractivity contribution in [1.82, 2.24) is 0 Å². The van der Waals surface area contributed by atoms with Gasteiger partial charge in [-0.2, -0.15) is 0 Å². The molecule has 0 atom stereocenters. The Labute approximate surface area is 132 Å². The fourth-order valence-electron chi connectivity index (χ4n) is 2.15. The summed E-state index contributed by atoms with van der Waals surface area (Å²) < 4.78 is 0. The first kappa shape index (κ1) is 17.8. The summed E-state index contributed by atoms with van der Waals surface area (Å²) in [5.41, 5.74) is 2.37. The fraction of sp³-hybridized carbons (Fsp3) is 0.316. The summed E-state index contributed by atoms with van der Waals surface area (Å²) in [5.74, 6) is 0.0363. The number of aldehydes is 1. The first-order valence-electron chi connectivity index (χ1n) is 7.44. The van der Waals surface area contributed by atoms with Crippen molar-refractivity contribution in [1.29, 1.82) is 0 Å². The van der Waals surface area contributed by atoms with Crippen LogP contribution in [0.3, 0.4) is 0 Å². The minimum Gasteiger partial charge on any atom is -0.508 e. The largest absolute Gasteiger partial charge is 0.508 e. The summed E-state index contributed by atoms with van der Waals surface area (Å²) >= 11 is 0. The van der Waals surface area contributed by atoms with Crippen LogP contribution in [0.4, 0.5) is 0 Å². The average molecular weight is 300 g/mol. The summed E-state index contributed by atoms with van der Waals surface area (Å²) in [7, 11) is 0. The molecule has 22 heavy (non-hydrogen) atoms. The van der Waals surface area contributed by atoms with Crippen molar-refractivity contribution in [2.45, 2.75) is 40.0 Å². The van der Waals surface area contributed by atoms with Gasteiger partial charge in [-0.15, -0.1) is 0 Å². The highest BCUT2D eigenvalue weighted by atomic mass is 16.3. The van der Waals surface area contributed by atoms with Crippen LogP contribution in [0, 0.1) is 0 Å². The predicted molar refractivity (Wildman–Crippen MR) is 90.6 cm³/mol. The Morgan fingerprint density at radius 3 is 2.55 bits per heavy atom. The molecular weight excluding hydrogens is 276 g/mol. The van der Waals surface area contributed by atoms with Crippen molar-refractivity contribution in [2.75, 3.05) is 0 Å². The smallest absolute Gasteiger partial charge is 0.154 e. The molecule has 2 N–H and O–H groups in total. The molecule has 1 aromatic rings. The number of carbonyl (C=O) groups is 1. The molecular formula is C19H24O3. The van der Waals surface area contributed by atoms with Gasteiger partial charge in [-0.3, -0.25) is 4.79 Å².